The number of rotatable bonds is 3. The molecule has 0 unspecified atom stereocenters. The monoisotopic (exact) mass is 287 g/mol. The molecule has 1 aromatic rings. The lowest BCUT2D eigenvalue weighted by atomic mass is 10.1. The van der Waals surface area contributed by atoms with Crippen LogP contribution in [0.3, 0.4) is 0 Å². The second-order valence-corrected chi connectivity index (χ2v) is 4.70. The quantitative estimate of drug-likeness (QED) is 0.888. The van der Waals surface area contributed by atoms with Gasteiger partial charge in [-0.1, -0.05) is 6.07 Å². The van der Waals surface area contributed by atoms with E-state index in [1.165, 1.54) is 12.1 Å². The summed E-state index contributed by atoms with van der Waals surface area (Å²) in [5, 5.41) is 2.68. The molecule has 1 aliphatic heterocycles. The molecule has 1 aromatic carbocycles. The van der Waals surface area contributed by atoms with Crippen LogP contribution in [-0.2, 0) is 4.79 Å². The van der Waals surface area contributed by atoms with Gasteiger partial charge in [-0.25, -0.2) is 4.39 Å². The minimum absolute atomic E-state index is 0. The van der Waals surface area contributed by atoms with Gasteiger partial charge >= 0.3 is 0 Å². The van der Waals surface area contributed by atoms with E-state index < -0.39 is 0 Å². The number of amides is 1. The molecule has 0 bridgehead atoms. The van der Waals surface area contributed by atoms with E-state index in [1.54, 1.807) is 12.1 Å². The number of nitrogens with one attached hydrogen (secondary N) is 1. The third-order valence-corrected chi connectivity index (χ3v) is 3.02. The molecule has 1 aliphatic rings. The van der Waals surface area contributed by atoms with Gasteiger partial charge in [0, 0.05) is 18.3 Å². The molecule has 2 rings (SSSR count). The van der Waals surface area contributed by atoms with Crippen molar-refractivity contribution < 1.29 is 9.18 Å². The molecule has 0 saturated carbocycles. The fraction of sp³-hybridized carbons (Fsp3) is 0.462. The minimum atomic E-state index is -0.354. The Kier molecular flexibility index (Phi) is 6.21. The fourth-order valence-electron chi connectivity index (χ4n) is 2.20. The van der Waals surface area contributed by atoms with Gasteiger partial charge in [-0.2, -0.15) is 0 Å². The number of hydrogen-bond donors (Lipinski definition) is 2. The van der Waals surface area contributed by atoms with Crippen molar-refractivity contribution in [3.05, 3.63) is 30.1 Å². The smallest absolute Gasteiger partial charge is 0.238 e. The second-order valence-electron chi connectivity index (χ2n) is 4.70. The van der Waals surface area contributed by atoms with Crippen LogP contribution in [0.15, 0.2) is 24.3 Å². The molecule has 0 radical (unpaired) electrons. The highest BCUT2D eigenvalue weighted by Crippen LogP contribution is 2.10. The zero-order chi connectivity index (χ0) is 13.0. The molecule has 19 heavy (non-hydrogen) atoms. The van der Waals surface area contributed by atoms with Crippen LogP contribution in [0.5, 0.6) is 0 Å². The Balaban J connectivity index is 0.00000180. The number of likely N-dealkylation sites (tertiary alicyclic amines) is 1. The number of carbonyl (C=O) groups is 1. The van der Waals surface area contributed by atoms with Crippen molar-refractivity contribution in [2.75, 3.05) is 25.0 Å². The standard InChI is InChI=1S/C13H18FN3O.ClH/c14-10-3-1-5-12(7-10)16-13(18)9-17-6-2-4-11(15)8-17;/h1,3,5,7,11H,2,4,6,8-9,15H2,(H,16,18);1H/t11-;/m1./s1. The molecule has 106 valence electrons. The van der Waals surface area contributed by atoms with E-state index in [4.69, 9.17) is 5.73 Å². The zero-order valence-corrected chi connectivity index (χ0v) is 11.5. The fourth-order valence-corrected chi connectivity index (χ4v) is 2.20. The summed E-state index contributed by atoms with van der Waals surface area (Å²) in [6, 6.07) is 6.05. The van der Waals surface area contributed by atoms with E-state index in [9.17, 15) is 9.18 Å². The first kappa shape index (κ1) is 15.9. The predicted molar refractivity (Wildman–Crippen MR) is 75.9 cm³/mol. The average Bonchev–Trinajstić information content (AvgIpc) is 2.28. The maximum atomic E-state index is 12.9. The Bertz CT molecular complexity index is 430. The molecule has 0 aromatic heterocycles. The van der Waals surface area contributed by atoms with Crippen LogP contribution in [-0.4, -0.2) is 36.5 Å². The van der Waals surface area contributed by atoms with Crippen LogP contribution in [0.1, 0.15) is 12.8 Å². The van der Waals surface area contributed by atoms with Crippen molar-refractivity contribution in [3.8, 4) is 0 Å². The van der Waals surface area contributed by atoms with E-state index in [1.807, 2.05) is 4.90 Å². The normalized spacial score (nSPS) is 19.6. The van der Waals surface area contributed by atoms with Crippen LogP contribution in [0.25, 0.3) is 0 Å². The Labute approximate surface area is 118 Å². The molecule has 1 atom stereocenters. The largest absolute Gasteiger partial charge is 0.327 e. The number of hydrogen-bond acceptors (Lipinski definition) is 3. The zero-order valence-electron chi connectivity index (χ0n) is 10.6. The molecule has 1 heterocycles. The summed E-state index contributed by atoms with van der Waals surface area (Å²) in [4.78, 5) is 13.8. The Morgan fingerprint density at radius 2 is 2.32 bits per heavy atom. The molecule has 0 spiro atoms. The highest BCUT2D eigenvalue weighted by atomic mass is 35.5. The van der Waals surface area contributed by atoms with Crippen molar-refractivity contribution in [2.24, 2.45) is 5.73 Å². The van der Waals surface area contributed by atoms with Gasteiger partial charge in [0.2, 0.25) is 5.91 Å². The molecule has 1 amide bonds. The third kappa shape index (κ3) is 5.14. The summed E-state index contributed by atoms with van der Waals surface area (Å²) in [5.41, 5.74) is 6.34. The van der Waals surface area contributed by atoms with E-state index in [0.29, 0.717) is 12.2 Å². The van der Waals surface area contributed by atoms with Crippen LogP contribution >= 0.6 is 12.4 Å². The van der Waals surface area contributed by atoms with Crippen molar-refractivity contribution >= 4 is 24.0 Å². The van der Waals surface area contributed by atoms with Gasteiger partial charge in [0.05, 0.1) is 6.54 Å². The van der Waals surface area contributed by atoms with Crippen molar-refractivity contribution in [1.29, 1.82) is 0 Å². The highest BCUT2D eigenvalue weighted by molar-refractivity contribution is 5.92. The van der Waals surface area contributed by atoms with Crippen LogP contribution in [0, 0.1) is 5.82 Å². The van der Waals surface area contributed by atoms with E-state index in [2.05, 4.69) is 5.32 Å². The number of halogens is 2. The molecule has 1 saturated heterocycles. The maximum absolute atomic E-state index is 12.9. The molecular formula is C13H19ClFN3O. The van der Waals surface area contributed by atoms with E-state index >= 15 is 0 Å². The predicted octanol–water partition coefficient (Wildman–Crippen LogP) is 1.61. The first-order valence-corrected chi connectivity index (χ1v) is 6.17. The van der Waals surface area contributed by atoms with E-state index in [0.717, 1.165) is 25.9 Å². The molecule has 4 nitrogen and oxygen atoms in total. The molecule has 0 aliphatic carbocycles. The van der Waals surface area contributed by atoms with Gasteiger partial charge in [-0.05, 0) is 37.6 Å². The number of nitrogens with two attached hydrogens (primary N) is 1. The van der Waals surface area contributed by atoms with Gasteiger partial charge in [0.15, 0.2) is 0 Å². The van der Waals surface area contributed by atoms with Gasteiger partial charge in [0.1, 0.15) is 5.82 Å². The summed E-state index contributed by atoms with van der Waals surface area (Å²) in [6.07, 6.45) is 2.04. The van der Waals surface area contributed by atoms with Gasteiger partial charge in [-0.3, -0.25) is 9.69 Å². The Morgan fingerprint density at radius 1 is 1.53 bits per heavy atom. The van der Waals surface area contributed by atoms with E-state index in [-0.39, 0.29) is 30.2 Å². The highest BCUT2D eigenvalue weighted by Gasteiger charge is 2.18. The summed E-state index contributed by atoms with van der Waals surface area (Å²) in [7, 11) is 0. The summed E-state index contributed by atoms with van der Waals surface area (Å²) < 4.78 is 12.9. The maximum Gasteiger partial charge on any atom is 0.238 e. The topological polar surface area (TPSA) is 58.4 Å². The Hall–Kier alpha value is -1.17. The van der Waals surface area contributed by atoms with Crippen molar-refractivity contribution in [3.63, 3.8) is 0 Å². The average molecular weight is 288 g/mol. The number of nitrogens with zero attached hydrogens (tertiary/aromatic N) is 1. The molecule has 6 heteroatoms. The summed E-state index contributed by atoms with van der Waals surface area (Å²) in [5.74, 6) is -0.484. The van der Waals surface area contributed by atoms with Crippen LogP contribution in [0.2, 0.25) is 0 Å². The Morgan fingerprint density at radius 3 is 3.00 bits per heavy atom. The third-order valence-electron chi connectivity index (χ3n) is 3.02. The number of anilines is 1. The SMILES string of the molecule is Cl.N[C@@H]1CCCN(CC(=O)Nc2cccc(F)c2)C1. The van der Waals surface area contributed by atoms with Gasteiger partial charge < -0.3 is 11.1 Å². The lowest BCUT2D eigenvalue weighted by Gasteiger charge is -2.29. The first-order valence-electron chi connectivity index (χ1n) is 6.17. The molecule has 1 fully saturated rings. The number of benzene rings is 1. The van der Waals surface area contributed by atoms with Crippen LogP contribution < -0.4 is 11.1 Å². The van der Waals surface area contributed by atoms with Crippen molar-refractivity contribution in [2.45, 2.75) is 18.9 Å². The molecule has 3 N–H and O–H groups in total. The number of carbonyl (C=O) groups excluding carboxylic acids is 1. The van der Waals surface area contributed by atoms with Gasteiger partial charge in [0.25, 0.3) is 0 Å². The van der Waals surface area contributed by atoms with Gasteiger partial charge in [-0.15, -0.1) is 12.4 Å². The van der Waals surface area contributed by atoms with Crippen LogP contribution in [0.4, 0.5) is 10.1 Å². The summed E-state index contributed by atoms with van der Waals surface area (Å²) in [6.45, 7) is 1.95. The lowest BCUT2D eigenvalue weighted by Crippen LogP contribution is -2.45. The van der Waals surface area contributed by atoms with Crippen molar-refractivity contribution in [1.82, 2.24) is 4.90 Å². The summed E-state index contributed by atoms with van der Waals surface area (Å²) >= 11 is 0. The molecular weight excluding hydrogens is 269 g/mol. The number of piperidine rings is 1. The first-order chi connectivity index (χ1) is 8.63. The second kappa shape index (κ2) is 7.43. The lowest BCUT2D eigenvalue weighted by molar-refractivity contribution is -0.117. The minimum Gasteiger partial charge on any atom is -0.327 e.